The predicted molar refractivity (Wildman–Crippen MR) is 68.7 cm³/mol. The van der Waals surface area contributed by atoms with Crippen LogP contribution in [0.2, 0.25) is 0 Å². The summed E-state index contributed by atoms with van der Waals surface area (Å²) < 4.78 is 18.6. The van der Waals surface area contributed by atoms with Crippen LogP contribution in [0.25, 0.3) is 0 Å². The Kier molecular flexibility index (Phi) is 3.96. The van der Waals surface area contributed by atoms with E-state index in [-0.39, 0.29) is 18.3 Å². The zero-order valence-electron chi connectivity index (χ0n) is 8.89. The highest BCUT2D eigenvalue weighted by molar-refractivity contribution is 8.23. The lowest BCUT2D eigenvalue weighted by atomic mass is 10.3. The predicted octanol–water partition coefficient (Wildman–Crippen LogP) is 2.06. The number of nitrogens with zero attached hydrogens (tertiary/aromatic N) is 1. The van der Waals surface area contributed by atoms with Crippen LogP contribution in [-0.2, 0) is 4.79 Å². The highest BCUT2D eigenvalue weighted by atomic mass is 32.2. The summed E-state index contributed by atoms with van der Waals surface area (Å²) in [4.78, 5) is 13.2. The number of halogens is 1. The van der Waals surface area contributed by atoms with Crippen LogP contribution in [0.3, 0.4) is 0 Å². The van der Waals surface area contributed by atoms with Crippen molar-refractivity contribution in [3.63, 3.8) is 0 Å². The normalized spacial score (nSPS) is 15.1. The number of thioether (sulfide) groups is 1. The average molecular weight is 271 g/mol. The Bertz CT molecular complexity index is 453. The van der Waals surface area contributed by atoms with Gasteiger partial charge in [0.05, 0.1) is 0 Å². The van der Waals surface area contributed by atoms with Gasteiger partial charge in [-0.3, -0.25) is 9.69 Å². The van der Waals surface area contributed by atoms with Crippen molar-refractivity contribution in [2.45, 2.75) is 0 Å². The molecule has 1 aromatic rings. The van der Waals surface area contributed by atoms with Crippen LogP contribution < -0.4 is 4.74 Å². The third-order valence-corrected chi connectivity index (χ3v) is 3.65. The summed E-state index contributed by atoms with van der Waals surface area (Å²) in [6.45, 7) is 0.499. The smallest absolute Gasteiger partial charge is 0.265 e. The van der Waals surface area contributed by atoms with Crippen molar-refractivity contribution >= 4 is 34.2 Å². The molecule has 1 fully saturated rings. The van der Waals surface area contributed by atoms with Gasteiger partial charge >= 0.3 is 0 Å². The average Bonchev–Trinajstić information content (AvgIpc) is 2.72. The summed E-state index contributed by atoms with van der Waals surface area (Å²) in [5.74, 6) is 0.590. The molecule has 1 aromatic carbocycles. The molecule has 90 valence electrons. The quantitative estimate of drug-likeness (QED) is 0.787. The lowest BCUT2D eigenvalue weighted by molar-refractivity contribution is -0.128. The highest BCUT2D eigenvalue weighted by Gasteiger charge is 2.24. The lowest BCUT2D eigenvalue weighted by Crippen LogP contribution is -2.34. The first-order valence-electron chi connectivity index (χ1n) is 5.02. The standard InChI is InChI=1S/C11H10FNO2S2/c12-8-2-1-3-9(6-8)15-7-10(14)13-4-5-17-11(13)16/h1-3,6H,4-5,7H2. The molecule has 0 saturated carbocycles. The molecule has 1 aliphatic rings. The Balaban J connectivity index is 1.90. The van der Waals surface area contributed by atoms with Gasteiger partial charge in [-0.25, -0.2) is 4.39 Å². The second-order valence-corrected chi connectivity index (χ2v) is 5.13. The number of ether oxygens (including phenoxy) is 1. The van der Waals surface area contributed by atoms with Gasteiger partial charge in [-0.1, -0.05) is 30.0 Å². The molecule has 0 atom stereocenters. The van der Waals surface area contributed by atoms with E-state index in [1.165, 1.54) is 34.9 Å². The van der Waals surface area contributed by atoms with Crippen LogP contribution in [0.15, 0.2) is 24.3 Å². The number of carbonyl (C=O) groups excluding carboxylic acids is 1. The number of rotatable bonds is 3. The summed E-state index contributed by atoms with van der Waals surface area (Å²) >= 11 is 6.50. The van der Waals surface area contributed by atoms with Gasteiger partial charge in [0.25, 0.3) is 5.91 Å². The van der Waals surface area contributed by atoms with Crippen molar-refractivity contribution in [2.24, 2.45) is 0 Å². The molecule has 1 aliphatic heterocycles. The molecule has 0 N–H and O–H groups in total. The maximum atomic E-state index is 12.9. The van der Waals surface area contributed by atoms with Gasteiger partial charge in [-0.2, -0.15) is 0 Å². The van der Waals surface area contributed by atoms with Crippen LogP contribution in [0, 0.1) is 5.82 Å². The summed E-state index contributed by atoms with van der Waals surface area (Å²) in [6, 6.07) is 5.70. The fourth-order valence-electron chi connectivity index (χ4n) is 1.40. The van der Waals surface area contributed by atoms with Gasteiger partial charge in [0.1, 0.15) is 15.9 Å². The summed E-state index contributed by atoms with van der Waals surface area (Å²) in [6.07, 6.45) is 0. The van der Waals surface area contributed by atoms with E-state index in [4.69, 9.17) is 17.0 Å². The first kappa shape index (κ1) is 12.3. The van der Waals surface area contributed by atoms with E-state index < -0.39 is 0 Å². The van der Waals surface area contributed by atoms with Gasteiger partial charge in [0.2, 0.25) is 0 Å². The zero-order chi connectivity index (χ0) is 12.3. The number of carbonyl (C=O) groups is 1. The number of benzene rings is 1. The van der Waals surface area contributed by atoms with Crippen molar-refractivity contribution in [2.75, 3.05) is 18.9 Å². The largest absolute Gasteiger partial charge is 0.484 e. The van der Waals surface area contributed by atoms with E-state index in [0.29, 0.717) is 16.6 Å². The molecule has 0 aromatic heterocycles. The van der Waals surface area contributed by atoms with Crippen LogP contribution in [-0.4, -0.2) is 34.0 Å². The number of thiocarbonyl (C=S) groups is 1. The second kappa shape index (κ2) is 5.46. The first-order valence-corrected chi connectivity index (χ1v) is 6.42. The number of hydrogen-bond acceptors (Lipinski definition) is 4. The minimum Gasteiger partial charge on any atom is -0.484 e. The molecule has 0 aliphatic carbocycles. The third-order valence-electron chi connectivity index (χ3n) is 2.22. The van der Waals surface area contributed by atoms with Gasteiger partial charge in [-0.05, 0) is 12.1 Å². The second-order valence-electron chi connectivity index (χ2n) is 3.41. The SMILES string of the molecule is O=C(COc1cccc(F)c1)N1CCSC1=S. The highest BCUT2D eigenvalue weighted by Crippen LogP contribution is 2.18. The first-order chi connectivity index (χ1) is 8.16. The van der Waals surface area contributed by atoms with Crippen molar-refractivity contribution in [1.82, 2.24) is 4.90 Å². The van der Waals surface area contributed by atoms with E-state index in [1.54, 1.807) is 6.07 Å². The fourth-order valence-corrected chi connectivity index (χ4v) is 2.64. The molecule has 6 heteroatoms. The Hall–Kier alpha value is -1.14. The summed E-state index contributed by atoms with van der Waals surface area (Å²) in [5, 5.41) is 0. The van der Waals surface area contributed by atoms with Gasteiger partial charge < -0.3 is 4.74 Å². The maximum Gasteiger partial charge on any atom is 0.265 e. The molecule has 2 rings (SSSR count). The van der Waals surface area contributed by atoms with E-state index in [9.17, 15) is 9.18 Å². The van der Waals surface area contributed by atoms with E-state index >= 15 is 0 Å². The van der Waals surface area contributed by atoms with Crippen LogP contribution in [0.4, 0.5) is 4.39 Å². The van der Waals surface area contributed by atoms with E-state index in [2.05, 4.69) is 0 Å². The molecule has 1 heterocycles. The van der Waals surface area contributed by atoms with E-state index in [0.717, 1.165) is 5.75 Å². The van der Waals surface area contributed by atoms with Crippen LogP contribution >= 0.6 is 24.0 Å². The molecular weight excluding hydrogens is 261 g/mol. The summed E-state index contributed by atoms with van der Waals surface area (Å²) in [7, 11) is 0. The van der Waals surface area contributed by atoms with Crippen molar-refractivity contribution in [3.8, 4) is 5.75 Å². The molecule has 0 bridgehead atoms. The Morgan fingerprint density at radius 3 is 3.06 bits per heavy atom. The Labute approximate surface area is 108 Å². The van der Waals surface area contributed by atoms with Gasteiger partial charge in [0.15, 0.2) is 6.61 Å². The molecule has 1 amide bonds. The Morgan fingerprint density at radius 1 is 1.59 bits per heavy atom. The molecule has 17 heavy (non-hydrogen) atoms. The maximum absolute atomic E-state index is 12.9. The molecule has 0 spiro atoms. The van der Waals surface area contributed by atoms with Crippen molar-refractivity contribution in [1.29, 1.82) is 0 Å². The topological polar surface area (TPSA) is 29.5 Å². The Morgan fingerprint density at radius 2 is 2.41 bits per heavy atom. The third kappa shape index (κ3) is 3.17. The van der Waals surface area contributed by atoms with Crippen LogP contribution in [0.1, 0.15) is 0 Å². The zero-order valence-corrected chi connectivity index (χ0v) is 10.5. The van der Waals surface area contributed by atoms with Crippen molar-refractivity contribution in [3.05, 3.63) is 30.1 Å². The monoisotopic (exact) mass is 271 g/mol. The minimum atomic E-state index is -0.387. The van der Waals surface area contributed by atoms with E-state index in [1.807, 2.05) is 0 Å². The molecule has 3 nitrogen and oxygen atoms in total. The molecular formula is C11H10FNO2S2. The van der Waals surface area contributed by atoms with Gasteiger partial charge in [-0.15, -0.1) is 0 Å². The molecule has 0 radical (unpaired) electrons. The molecule has 0 unspecified atom stereocenters. The van der Waals surface area contributed by atoms with Crippen LogP contribution in [0.5, 0.6) is 5.75 Å². The summed E-state index contributed by atoms with van der Waals surface area (Å²) in [5.41, 5.74) is 0. The number of hydrogen-bond donors (Lipinski definition) is 0. The minimum absolute atomic E-state index is 0.121. The lowest BCUT2D eigenvalue weighted by Gasteiger charge is -2.14. The number of amides is 1. The molecule has 1 saturated heterocycles. The van der Waals surface area contributed by atoms with Crippen molar-refractivity contribution < 1.29 is 13.9 Å². The van der Waals surface area contributed by atoms with Gasteiger partial charge in [0, 0.05) is 18.4 Å². The fraction of sp³-hybridized carbons (Fsp3) is 0.273.